The van der Waals surface area contributed by atoms with E-state index in [0.29, 0.717) is 5.92 Å². The minimum atomic E-state index is 0.184. The fraction of sp³-hybridized carbons (Fsp3) is 0.389. The number of aromatic nitrogens is 1. The molecule has 0 saturated carbocycles. The predicted octanol–water partition coefficient (Wildman–Crippen LogP) is 4.36. The summed E-state index contributed by atoms with van der Waals surface area (Å²) in [5, 5.41) is 0. The monoisotopic (exact) mass is 251 g/mol. The maximum absolute atomic E-state index is 4.73. The quantitative estimate of drug-likeness (QED) is 0.678. The van der Waals surface area contributed by atoms with Crippen molar-refractivity contribution < 1.29 is 0 Å². The summed E-state index contributed by atoms with van der Waals surface area (Å²) < 4.78 is 0. The van der Waals surface area contributed by atoms with Gasteiger partial charge in [0, 0.05) is 12.1 Å². The molecule has 3 rings (SSSR count). The molecular formula is C18H21N. The topological polar surface area (TPSA) is 12.9 Å². The summed E-state index contributed by atoms with van der Waals surface area (Å²) in [6.45, 7) is 6.95. The first-order valence-corrected chi connectivity index (χ1v) is 7.09. The minimum Gasteiger partial charge on any atom is -0.260 e. The lowest BCUT2D eigenvalue weighted by molar-refractivity contribution is 0.352. The van der Waals surface area contributed by atoms with Gasteiger partial charge in [-0.2, -0.15) is 0 Å². The highest BCUT2D eigenvalue weighted by Gasteiger charge is 2.33. The lowest BCUT2D eigenvalue weighted by Crippen LogP contribution is -2.21. The van der Waals surface area contributed by atoms with Crippen LogP contribution in [0.5, 0.6) is 0 Å². The molecule has 1 heterocycles. The molecule has 1 aromatic carbocycles. The Bertz CT molecular complexity index is 545. The molecule has 0 spiro atoms. The maximum Gasteiger partial charge on any atom is 0.0515 e. The second kappa shape index (κ2) is 4.48. The Morgan fingerprint density at radius 1 is 0.947 bits per heavy atom. The van der Waals surface area contributed by atoms with E-state index in [1.54, 1.807) is 0 Å². The standard InChI is InChI=1S/C18H21N/c1-18(2,3)16-15-9-5-4-7-13(15)10-11-14-8-6-12-19-17(14)16/h4-9,12,16H,10-11H2,1-3H3. The number of hydrogen-bond acceptors (Lipinski definition) is 1. The van der Waals surface area contributed by atoms with E-state index in [1.807, 2.05) is 6.20 Å². The minimum absolute atomic E-state index is 0.184. The normalized spacial score (nSPS) is 18.4. The third kappa shape index (κ3) is 2.18. The van der Waals surface area contributed by atoms with Crippen molar-refractivity contribution in [2.45, 2.75) is 39.5 Å². The van der Waals surface area contributed by atoms with Crippen LogP contribution < -0.4 is 0 Å². The molecule has 0 aliphatic heterocycles. The van der Waals surface area contributed by atoms with Crippen LogP contribution in [0.1, 0.15) is 49.1 Å². The third-order valence-corrected chi connectivity index (χ3v) is 4.10. The van der Waals surface area contributed by atoms with Crippen LogP contribution in [-0.2, 0) is 12.8 Å². The second-order valence-electron chi connectivity index (χ2n) is 6.55. The zero-order chi connectivity index (χ0) is 13.5. The molecule has 0 N–H and O–H groups in total. The van der Waals surface area contributed by atoms with Crippen molar-refractivity contribution in [3.8, 4) is 0 Å². The first kappa shape index (κ1) is 12.4. The van der Waals surface area contributed by atoms with Gasteiger partial charge in [0.2, 0.25) is 0 Å². The van der Waals surface area contributed by atoms with Gasteiger partial charge in [0.25, 0.3) is 0 Å². The van der Waals surface area contributed by atoms with Crippen LogP contribution in [0.25, 0.3) is 0 Å². The number of hydrogen-bond donors (Lipinski definition) is 0. The molecule has 0 amide bonds. The van der Waals surface area contributed by atoms with E-state index in [-0.39, 0.29) is 5.41 Å². The molecule has 0 radical (unpaired) electrons. The van der Waals surface area contributed by atoms with Crippen LogP contribution in [0, 0.1) is 5.41 Å². The fourth-order valence-electron chi connectivity index (χ4n) is 3.26. The van der Waals surface area contributed by atoms with E-state index in [4.69, 9.17) is 4.98 Å². The van der Waals surface area contributed by atoms with E-state index >= 15 is 0 Å². The first-order chi connectivity index (χ1) is 9.07. The van der Waals surface area contributed by atoms with Crippen molar-refractivity contribution in [3.63, 3.8) is 0 Å². The van der Waals surface area contributed by atoms with Crippen LogP contribution >= 0.6 is 0 Å². The van der Waals surface area contributed by atoms with Crippen molar-refractivity contribution in [3.05, 3.63) is 65.0 Å². The molecule has 19 heavy (non-hydrogen) atoms. The number of rotatable bonds is 0. The Morgan fingerprint density at radius 2 is 1.63 bits per heavy atom. The van der Waals surface area contributed by atoms with E-state index in [9.17, 15) is 0 Å². The van der Waals surface area contributed by atoms with Gasteiger partial charge in [-0.05, 0) is 41.0 Å². The van der Waals surface area contributed by atoms with Crippen LogP contribution in [0.15, 0.2) is 42.6 Å². The van der Waals surface area contributed by atoms with Gasteiger partial charge in [0.15, 0.2) is 0 Å². The van der Waals surface area contributed by atoms with Gasteiger partial charge in [0.1, 0.15) is 0 Å². The zero-order valence-corrected chi connectivity index (χ0v) is 12.0. The third-order valence-electron chi connectivity index (χ3n) is 4.10. The molecule has 1 unspecified atom stereocenters. The Kier molecular flexibility index (Phi) is 2.93. The number of fused-ring (bicyclic) bond motifs is 2. The first-order valence-electron chi connectivity index (χ1n) is 7.09. The highest BCUT2D eigenvalue weighted by Crippen LogP contribution is 2.44. The van der Waals surface area contributed by atoms with Crippen molar-refractivity contribution >= 4 is 0 Å². The van der Waals surface area contributed by atoms with E-state index in [0.717, 1.165) is 12.8 Å². The van der Waals surface area contributed by atoms with E-state index in [2.05, 4.69) is 57.2 Å². The smallest absolute Gasteiger partial charge is 0.0515 e. The molecule has 0 bridgehead atoms. The Balaban J connectivity index is 2.25. The van der Waals surface area contributed by atoms with Crippen LogP contribution in [-0.4, -0.2) is 4.98 Å². The fourth-order valence-corrected chi connectivity index (χ4v) is 3.26. The van der Waals surface area contributed by atoms with E-state index in [1.165, 1.54) is 22.4 Å². The summed E-state index contributed by atoms with van der Waals surface area (Å²) in [5.74, 6) is 0.391. The number of nitrogens with zero attached hydrogens (tertiary/aromatic N) is 1. The molecule has 0 fully saturated rings. The molecule has 98 valence electrons. The van der Waals surface area contributed by atoms with Gasteiger partial charge < -0.3 is 0 Å². The Labute approximate surface area is 115 Å². The lowest BCUT2D eigenvalue weighted by Gasteiger charge is -2.32. The van der Waals surface area contributed by atoms with Gasteiger partial charge >= 0.3 is 0 Å². The highest BCUT2D eigenvalue weighted by atomic mass is 14.7. The largest absolute Gasteiger partial charge is 0.260 e. The molecule has 2 aromatic rings. The molecule has 1 aliphatic carbocycles. The molecule has 1 atom stereocenters. The molecular weight excluding hydrogens is 230 g/mol. The van der Waals surface area contributed by atoms with Gasteiger partial charge in [-0.15, -0.1) is 0 Å². The zero-order valence-electron chi connectivity index (χ0n) is 12.0. The van der Waals surface area contributed by atoms with Gasteiger partial charge in [-0.3, -0.25) is 4.98 Å². The Morgan fingerprint density at radius 3 is 2.42 bits per heavy atom. The maximum atomic E-state index is 4.73. The summed E-state index contributed by atoms with van der Waals surface area (Å²) >= 11 is 0. The molecule has 1 heteroatoms. The molecule has 1 nitrogen and oxygen atoms in total. The van der Waals surface area contributed by atoms with Crippen LogP contribution in [0.4, 0.5) is 0 Å². The van der Waals surface area contributed by atoms with E-state index < -0.39 is 0 Å². The van der Waals surface area contributed by atoms with Crippen molar-refractivity contribution in [1.82, 2.24) is 4.98 Å². The van der Waals surface area contributed by atoms with Crippen molar-refractivity contribution in [2.75, 3.05) is 0 Å². The number of aryl methyl sites for hydroxylation is 2. The van der Waals surface area contributed by atoms with Gasteiger partial charge in [-0.1, -0.05) is 51.1 Å². The molecule has 0 saturated heterocycles. The lowest BCUT2D eigenvalue weighted by atomic mass is 9.73. The predicted molar refractivity (Wildman–Crippen MR) is 79.4 cm³/mol. The van der Waals surface area contributed by atoms with Crippen molar-refractivity contribution in [2.24, 2.45) is 5.41 Å². The average molecular weight is 251 g/mol. The summed E-state index contributed by atoms with van der Waals surface area (Å²) in [6, 6.07) is 13.2. The summed E-state index contributed by atoms with van der Waals surface area (Å²) in [4.78, 5) is 4.73. The average Bonchev–Trinajstić information content (AvgIpc) is 2.54. The van der Waals surface area contributed by atoms with Gasteiger partial charge in [0.05, 0.1) is 5.69 Å². The molecule has 1 aliphatic rings. The summed E-state index contributed by atoms with van der Waals surface area (Å²) in [7, 11) is 0. The SMILES string of the molecule is CC(C)(C)C1c2ccccc2CCc2cccnc21. The highest BCUT2D eigenvalue weighted by molar-refractivity contribution is 5.43. The second-order valence-corrected chi connectivity index (χ2v) is 6.55. The molecule has 1 aromatic heterocycles. The van der Waals surface area contributed by atoms with Crippen LogP contribution in [0.3, 0.4) is 0 Å². The Hall–Kier alpha value is -1.63. The van der Waals surface area contributed by atoms with Crippen molar-refractivity contribution in [1.29, 1.82) is 0 Å². The number of benzene rings is 1. The summed E-state index contributed by atoms with van der Waals surface area (Å²) in [6.07, 6.45) is 4.17. The van der Waals surface area contributed by atoms with Gasteiger partial charge in [-0.25, -0.2) is 0 Å². The van der Waals surface area contributed by atoms with Crippen LogP contribution in [0.2, 0.25) is 0 Å². The summed E-state index contributed by atoms with van der Waals surface area (Å²) in [5.41, 5.74) is 5.83. The number of pyridine rings is 1.